The monoisotopic (exact) mass is 995 g/mol. The first-order valence-electron chi connectivity index (χ1n) is 17.2. The smallest absolute Gasteiger partial charge is 0.388 e. The predicted molar refractivity (Wildman–Crippen MR) is 203 cm³/mol. The van der Waals surface area contributed by atoms with Gasteiger partial charge in [-0.3, -0.25) is 37.0 Å². The van der Waals surface area contributed by atoms with E-state index in [1.165, 1.54) is 13.8 Å². The minimum atomic E-state index is -5.63. The number of ether oxygens (including phenoxy) is 1. The van der Waals surface area contributed by atoms with E-state index in [2.05, 4.69) is 38.9 Å². The molecule has 3 rings (SSSR count). The van der Waals surface area contributed by atoms with Gasteiger partial charge in [-0.15, -0.1) is 0 Å². The predicted octanol–water partition coefficient (Wildman–Crippen LogP) is -4.14. The van der Waals surface area contributed by atoms with Gasteiger partial charge >= 0.3 is 31.3 Å². The van der Waals surface area contributed by atoms with Crippen LogP contribution in [-0.4, -0.2) is 173 Å². The molecule has 0 aliphatic carbocycles. The fourth-order valence-corrected chi connectivity index (χ4v) is 8.88. The van der Waals surface area contributed by atoms with Gasteiger partial charge in [0.05, 0.1) is 26.1 Å². The van der Waals surface area contributed by atoms with Crippen molar-refractivity contribution in [1.82, 2.24) is 30.2 Å². The first-order valence-corrected chi connectivity index (χ1v) is 24.3. The summed E-state index contributed by atoms with van der Waals surface area (Å²) in [6.07, 6.45) is -13.8. The van der Waals surface area contributed by atoms with E-state index >= 15 is 0 Å². The molecule has 0 bridgehead atoms. The van der Waals surface area contributed by atoms with E-state index < -0.39 is 122 Å². The number of hydrogen-bond donors (Lipinski definition) is 14. The van der Waals surface area contributed by atoms with E-state index in [9.17, 15) is 77.8 Å². The molecule has 1 saturated heterocycles. The number of carbonyl (C=O) groups is 3. The van der Waals surface area contributed by atoms with Crippen molar-refractivity contribution < 1.29 is 115 Å². The summed E-state index contributed by atoms with van der Waals surface area (Å²) in [4.78, 5) is 105. The quantitative estimate of drug-likeness (QED) is 0.0332. The van der Waals surface area contributed by atoms with E-state index in [1.54, 1.807) is 0 Å². The van der Waals surface area contributed by atoms with Crippen LogP contribution in [0.4, 0.5) is 5.82 Å². The standard InChI is InChI=1S/C26H45N7O24P4S/c1-26(2,20(39)23(40)29-4-3-14(35)28-5-6-62-25(41)17(37)16(36)12(34)7-52-58(42,43)44)9-54-61(50,51)57-60(48,49)53-8-13-19(56-59(45,46)47)18(38)24(55-13)33-11-32-15-21(27)30-10-31-22(15)33/h10-13,16-20,24,34,36-39H,3-9H2,1-2H3,(H,28,35)(H,29,40)(H,48,49)(H,50,51)(H2,27,30,31)(H2,42,43,44)(H2,45,46,47). The van der Waals surface area contributed by atoms with Crippen LogP contribution in [0.1, 0.15) is 26.5 Å². The number of nitrogen functional groups attached to an aromatic ring is 1. The topological polar surface area (TPSA) is 491 Å². The van der Waals surface area contributed by atoms with Crippen LogP contribution in [-0.2, 0) is 59.8 Å². The van der Waals surface area contributed by atoms with Crippen molar-refractivity contribution in [2.24, 2.45) is 5.41 Å². The molecule has 354 valence electrons. The van der Waals surface area contributed by atoms with Crippen molar-refractivity contribution in [3.63, 3.8) is 0 Å². The molecule has 1 aliphatic rings. The fourth-order valence-electron chi connectivity index (χ4n) is 4.99. The summed E-state index contributed by atoms with van der Waals surface area (Å²) < 4.78 is 76.6. The van der Waals surface area contributed by atoms with Crippen molar-refractivity contribution in [3.8, 4) is 0 Å². The lowest BCUT2D eigenvalue weighted by Crippen LogP contribution is -2.46. The molecule has 2 aromatic heterocycles. The van der Waals surface area contributed by atoms with Gasteiger partial charge in [0.25, 0.3) is 0 Å². The lowest BCUT2D eigenvalue weighted by Gasteiger charge is -2.30. The van der Waals surface area contributed by atoms with E-state index in [0.29, 0.717) is 11.8 Å². The van der Waals surface area contributed by atoms with Gasteiger partial charge in [0.2, 0.25) is 16.9 Å². The van der Waals surface area contributed by atoms with Crippen LogP contribution in [0.5, 0.6) is 0 Å². The maximum absolute atomic E-state index is 12.7. The van der Waals surface area contributed by atoms with Crippen LogP contribution in [0.3, 0.4) is 0 Å². The zero-order chi connectivity index (χ0) is 47.0. The van der Waals surface area contributed by atoms with Gasteiger partial charge in [-0.1, -0.05) is 25.6 Å². The van der Waals surface area contributed by atoms with Gasteiger partial charge in [-0.2, -0.15) is 4.31 Å². The van der Waals surface area contributed by atoms with E-state index in [1.807, 2.05) is 0 Å². The molecule has 0 radical (unpaired) electrons. The minimum Gasteiger partial charge on any atom is -0.388 e. The molecule has 2 amide bonds. The zero-order valence-corrected chi connectivity index (χ0v) is 36.4. The number of amides is 2. The SMILES string of the molecule is CC(C)(COP(=O)(O)OP(=O)(O)OCC1OC(n2cnc3c(N)ncnc32)C(O)C1OP(=O)(O)O)C(O)C(=O)NCCC(=O)NCCSC(=O)C(O)C(O)C(O)COP(=O)(O)O. The summed E-state index contributed by atoms with van der Waals surface area (Å²) in [6.45, 7) is -1.42. The molecular weight excluding hydrogens is 950 g/mol. The van der Waals surface area contributed by atoms with Gasteiger partial charge in [-0.25, -0.2) is 33.2 Å². The molecule has 10 atom stereocenters. The maximum atomic E-state index is 12.7. The number of aromatic nitrogens is 4. The molecule has 3 heterocycles. The van der Waals surface area contributed by atoms with Crippen LogP contribution in [0.2, 0.25) is 0 Å². The van der Waals surface area contributed by atoms with Crippen LogP contribution >= 0.6 is 43.1 Å². The van der Waals surface area contributed by atoms with Crippen molar-refractivity contribution in [2.45, 2.75) is 69.2 Å². The number of phosphoric acid groups is 4. The molecule has 1 aliphatic heterocycles. The first-order chi connectivity index (χ1) is 28.4. The van der Waals surface area contributed by atoms with Gasteiger partial charge in [0.15, 0.2) is 23.8 Å². The number of fused-ring (bicyclic) bond motifs is 1. The number of imidazole rings is 1. The number of nitrogens with one attached hydrogen (secondary N) is 2. The van der Waals surface area contributed by atoms with Crippen molar-refractivity contribution >= 4 is 77.0 Å². The second-order valence-corrected chi connectivity index (χ2v) is 20.1. The highest BCUT2D eigenvalue weighted by atomic mass is 32.2. The summed E-state index contributed by atoms with van der Waals surface area (Å²) in [5.41, 5.74) is 4.09. The number of anilines is 1. The van der Waals surface area contributed by atoms with Crippen LogP contribution in [0, 0.1) is 5.41 Å². The second kappa shape index (κ2) is 22.2. The highest BCUT2D eigenvalue weighted by molar-refractivity contribution is 8.13. The van der Waals surface area contributed by atoms with Gasteiger partial charge in [0, 0.05) is 30.7 Å². The van der Waals surface area contributed by atoms with Gasteiger partial charge in [0.1, 0.15) is 48.5 Å². The lowest BCUT2D eigenvalue weighted by molar-refractivity contribution is -0.137. The molecule has 1 fully saturated rings. The Hall–Kier alpha value is -2.45. The summed E-state index contributed by atoms with van der Waals surface area (Å²) in [5, 5.41) is 54.2. The Morgan fingerprint density at radius 2 is 1.58 bits per heavy atom. The van der Waals surface area contributed by atoms with E-state index in [0.717, 1.165) is 17.2 Å². The number of carbonyl (C=O) groups excluding carboxylic acids is 3. The third kappa shape index (κ3) is 16.5. The third-order valence-electron chi connectivity index (χ3n) is 8.12. The van der Waals surface area contributed by atoms with Crippen molar-refractivity contribution in [3.05, 3.63) is 12.7 Å². The molecule has 36 heteroatoms. The zero-order valence-electron chi connectivity index (χ0n) is 32.0. The summed E-state index contributed by atoms with van der Waals surface area (Å²) >= 11 is 0.432. The lowest BCUT2D eigenvalue weighted by atomic mass is 9.87. The van der Waals surface area contributed by atoms with Crippen LogP contribution in [0.25, 0.3) is 11.2 Å². The molecule has 0 spiro atoms. The Morgan fingerprint density at radius 1 is 0.935 bits per heavy atom. The highest BCUT2D eigenvalue weighted by Gasteiger charge is 2.50. The number of thioether (sulfide) groups is 1. The largest absolute Gasteiger partial charge is 0.481 e. The number of hydrogen-bond acceptors (Lipinski definition) is 23. The summed E-state index contributed by atoms with van der Waals surface area (Å²) in [7, 11) is -21.6. The second-order valence-electron chi connectivity index (χ2n) is 13.5. The summed E-state index contributed by atoms with van der Waals surface area (Å²) in [6, 6.07) is 0. The summed E-state index contributed by atoms with van der Waals surface area (Å²) in [5.74, 6) is -1.98. The van der Waals surface area contributed by atoms with Crippen molar-refractivity contribution in [1.29, 1.82) is 0 Å². The average molecular weight is 996 g/mol. The van der Waals surface area contributed by atoms with Crippen LogP contribution < -0.4 is 16.4 Å². The minimum absolute atomic E-state index is 0.000461. The number of rotatable bonds is 25. The van der Waals surface area contributed by atoms with E-state index in [-0.39, 0.29) is 42.2 Å². The Morgan fingerprint density at radius 3 is 2.21 bits per heavy atom. The molecule has 0 saturated carbocycles. The molecule has 31 nitrogen and oxygen atoms in total. The molecule has 2 aromatic rings. The number of phosphoric ester groups is 4. The molecular formula is C26H45N7O24P4S. The molecule has 10 unspecified atom stereocenters. The average Bonchev–Trinajstić information content (AvgIpc) is 3.72. The third-order valence-corrected chi connectivity index (χ3v) is 12.6. The molecule has 62 heavy (non-hydrogen) atoms. The highest BCUT2D eigenvalue weighted by Crippen LogP contribution is 2.61. The Labute approximate surface area is 353 Å². The maximum Gasteiger partial charge on any atom is 0.481 e. The first kappa shape index (κ1) is 53.9. The van der Waals surface area contributed by atoms with Gasteiger partial charge in [-0.05, 0) is 0 Å². The number of nitrogens with zero attached hydrogens (tertiary/aromatic N) is 4. The number of aliphatic hydroxyl groups excluding tert-OH is 5. The number of aliphatic hydroxyl groups is 5. The molecule has 15 N–H and O–H groups in total. The Balaban J connectivity index is 1.44. The fraction of sp³-hybridized carbons (Fsp3) is 0.692. The van der Waals surface area contributed by atoms with Crippen molar-refractivity contribution in [2.75, 3.05) is 44.4 Å². The van der Waals surface area contributed by atoms with Gasteiger partial charge < -0.3 is 76.0 Å². The number of nitrogens with two attached hydrogens (primary N) is 1. The Bertz CT molecular complexity index is 2070. The van der Waals surface area contributed by atoms with Crippen LogP contribution in [0.15, 0.2) is 12.7 Å². The molecule has 0 aromatic carbocycles. The van der Waals surface area contributed by atoms with E-state index in [4.69, 9.17) is 29.3 Å². The Kier molecular flexibility index (Phi) is 19.3. The normalized spacial score (nSPS) is 22.6.